The zero-order valence-electron chi connectivity index (χ0n) is 22.2. The van der Waals surface area contributed by atoms with Gasteiger partial charge < -0.3 is 0 Å². The predicted octanol–water partition coefficient (Wildman–Crippen LogP) is 6.83. The summed E-state index contributed by atoms with van der Waals surface area (Å²) >= 11 is 0. The first kappa shape index (κ1) is 27.5. The van der Waals surface area contributed by atoms with Crippen LogP contribution < -0.4 is 4.31 Å². The van der Waals surface area contributed by atoms with Gasteiger partial charge in [-0.3, -0.25) is 13.4 Å². The molecule has 2 aliphatic rings. The first-order valence-corrected chi connectivity index (χ1v) is 17.2. The maximum Gasteiger partial charge on any atom is 0.264 e. The summed E-state index contributed by atoms with van der Waals surface area (Å²) in [5, 5.41) is 0. The normalized spacial score (nSPS) is 17.3. The second-order valence-corrected chi connectivity index (χ2v) is 16.0. The molecule has 2 heterocycles. The van der Waals surface area contributed by atoms with Crippen molar-refractivity contribution in [1.82, 2.24) is 0 Å². The van der Waals surface area contributed by atoms with E-state index in [1.807, 2.05) is 6.92 Å². The van der Waals surface area contributed by atoms with E-state index in [1.165, 1.54) is 28.6 Å². The molecule has 0 atom stereocenters. The van der Waals surface area contributed by atoms with Gasteiger partial charge in [0.15, 0.2) is 4.24 Å². The minimum Gasteiger partial charge on any atom is -0.290 e. The van der Waals surface area contributed by atoms with Gasteiger partial charge in [-0.1, -0.05) is 78.4 Å². The van der Waals surface area contributed by atoms with Crippen molar-refractivity contribution in [3.8, 4) is 0 Å². The first-order chi connectivity index (χ1) is 19.4. The molecular weight excluding hydrogens is 579 g/mol. The van der Waals surface area contributed by atoms with Gasteiger partial charge in [0.1, 0.15) is 0 Å². The van der Waals surface area contributed by atoms with Gasteiger partial charge in [-0.15, -0.1) is 10.6 Å². The molecule has 0 bridgehead atoms. The van der Waals surface area contributed by atoms with Gasteiger partial charge in [0.25, 0.3) is 10.0 Å². The SMILES string of the molecule is Cc1ccc(S(=O)(=O)N2CC3=C(c4ccccc4)S(O)(O)C(S(=O)(=O)c4cccc(C)c4)=C3c3ccccc32)cc1. The van der Waals surface area contributed by atoms with Crippen LogP contribution in [0.5, 0.6) is 0 Å². The van der Waals surface area contributed by atoms with Crippen LogP contribution in [0.4, 0.5) is 5.69 Å². The van der Waals surface area contributed by atoms with Gasteiger partial charge in [0, 0.05) is 16.7 Å². The Morgan fingerprint density at radius 3 is 2.05 bits per heavy atom. The van der Waals surface area contributed by atoms with Crippen LogP contribution in [0.2, 0.25) is 0 Å². The highest BCUT2D eigenvalue weighted by molar-refractivity contribution is 8.42. The quantitative estimate of drug-likeness (QED) is 0.258. The van der Waals surface area contributed by atoms with Crippen LogP contribution in [-0.2, 0) is 19.9 Å². The number of hydrogen-bond donors (Lipinski definition) is 2. The lowest BCUT2D eigenvalue weighted by molar-refractivity contribution is 0.511. The number of aryl methyl sites for hydroxylation is 2. The molecule has 0 spiro atoms. The van der Waals surface area contributed by atoms with E-state index >= 15 is 0 Å². The van der Waals surface area contributed by atoms with E-state index in [9.17, 15) is 25.9 Å². The number of para-hydroxylation sites is 1. The highest BCUT2D eigenvalue weighted by Gasteiger charge is 2.50. The molecule has 4 aromatic carbocycles. The smallest absolute Gasteiger partial charge is 0.264 e. The highest BCUT2D eigenvalue weighted by Crippen LogP contribution is 2.71. The van der Waals surface area contributed by atoms with E-state index < -0.39 is 34.7 Å². The molecule has 2 aliphatic heterocycles. The molecule has 0 saturated heterocycles. The summed E-state index contributed by atoms with van der Waals surface area (Å²) in [7, 11) is -12.7. The van der Waals surface area contributed by atoms with Gasteiger partial charge in [-0.25, -0.2) is 16.8 Å². The van der Waals surface area contributed by atoms with E-state index in [4.69, 9.17) is 0 Å². The van der Waals surface area contributed by atoms with E-state index in [0.717, 1.165) is 5.56 Å². The second kappa shape index (κ2) is 9.71. The summed E-state index contributed by atoms with van der Waals surface area (Å²) in [4.78, 5) is 0.0168. The molecule has 6 rings (SSSR count). The molecule has 0 fully saturated rings. The van der Waals surface area contributed by atoms with Gasteiger partial charge in [0.05, 0.1) is 26.9 Å². The third-order valence-electron chi connectivity index (χ3n) is 7.26. The Labute approximate surface area is 241 Å². The average molecular weight is 606 g/mol. The monoisotopic (exact) mass is 605 g/mol. The molecule has 210 valence electrons. The van der Waals surface area contributed by atoms with Crippen LogP contribution in [0.15, 0.2) is 123 Å². The van der Waals surface area contributed by atoms with E-state index in [-0.39, 0.29) is 38.1 Å². The van der Waals surface area contributed by atoms with Crippen molar-refractivity contribution in [2.24, 2.45) is 0 Å². The van der Waals surface area contributed by atoms with Crippen LogP contribution in [0, 0.1) is 13.8 Å². The maximum atomic E-state index is 14.3. The molecule has 0 aliphatic carbocycles. The third kappa shape index (κ3) is 4.34. The molecule has 10 heteroatoms. The molecule has 0 amide bonds. The topological polar surface area (TPSA) is 112 Å². The summed E-state index contributed by atoms with van der Waals surface area (Å²) < 4.78 is 81.1. The summed E-state index contributed by atoms with van der Waals surface area (Å²) in [6, 6.07) is 27.8. The van der Waals surface area contributed by atoms with Crippen LogP contribution in [0.1, 0.15) is 22.3 Å². The molecule has 0 saturated carbocycles. The van der Waals surface area contributed by atoms with Crippen LogP contribution in [-0.4, -0.2) is 32.5 Å². The summed E-state index contributed by atoms with van der Waals surface area (Å²) in [6.07, 6.45) is 0. The summed E-state index contributed by atoms with van der Waals surface area (Å²) in [5.41, 5.74) is 2.93. The zero-order valence-corrected chi connectivity index (χ0v) is 24.7. The Morgan fingerprint density at radius 1 is 0.707 bits per heavy atom. The Bertz CT molecular complexity index is 1980. The van der Waals surface area contributed by atoms with Gasteiger partial charge in [0.2, 0.25) is 9.84 Å². The summed E-state index contributed by atoms with van der Waals surface area (Å²) in [5.74, 6) is 0. The summed E-state index contributed by atoms with van der Waals surface area (Å²) in [6.45, 7) is 3.34. The van der Waals surface area contributed by atoms with Crippen molar-refractivity contribution in [1.29, 1.82) is 0 Å². The minimum absolute atomic E-state index is 0.0120. The largest absolute Gasteiger partial charge is 0.290 e. The fourth-order valence-electron chi connectivity index (χ4n) is 5.36. The van der Waals surface area contributed by atoms with Crippen molar-refractivity contribution in [3.05, 3.63) is 135 Å². The Kier molecular flexibility index (Phi) is 6.51. The molecule has 4 aromatic rings. The number of nitrogens with zero attached hydrogens (tertiary/aromatic N) is 1. The molecule has 0 aromatic heterocycles. The molecule has 2 N–H and O–H groups in total. The fourth-order valence-corrected chi connectivity index (χ4v) is 11.6. The number of rotatable bonds is 5. The van der Waals surface area contributed by atoms with Crippen molar-refractivity contribution in [2.45, 2.75) is 23.6 Å². The van der Waals surface area contributed by atoms with E-state index in [1.54, 1.807) is 85.8 Å². The van der Waals surface area contributed by atoms with Crippen LogP contribution in [0.3, 0.4) is 0 Å². The lowest BCUT2D eigenvalue weighted by Crippen LogP contribution is -2.36. The number of sulfone groups is 1. The van der Waals surface area contributed by atoms with Crippen molar-refractivity contribution < 1.29 is 25.9 Å². The van der Waals surface area contributed by atoms with E-state index in [2.05, 4.69) is 0 Å². The van der Waals surface area contributed by atoms with Crippen molar-refractivity contribution in [3.63, 3.8) is 0 Å². The number of hydrogen-bond acceptors (Lipinski definition) is 6. The average Bonchev–Trinajstić information content (AvgIpc) is 3.20. The number of benzene rings is 4. The third-order valence-corrected chi connectivity index (χ3v) is 13.7. The predicted molar refractivity (Wildman–Crippen MR) is 164 cm³/mol. The highest BCUT2D eigenvalue weighted by atomic mass is 32.3. The van der Waals surface area contributed by atoms with Gasteiger partial charge in [-0.2, -0.15) is 0 Å². The molecule has 41 heavy (non-hydrogen) atoms. The Balaban J connectivity index is 1.69. The standard InChI is InChI=1S/C31H27NO6S3/c1-21-15-17-24(18-16-21)41(37,38)32-20-27-29(26-13-6-7-14-28(26)32)31(39(33,34)25-12-8-9-22(2)19-25)40(35,36)30(27)23-10-4-3-5-11-23/h3-19,35-36H,20H2,1-2H3. The lowest BCUT2D eigenvalue weighted by Gasteiger charge is -2.33. The number of anilines is 1. The van der Waals surface area contributed by atoms with E-state index in [0.29, 0.717) is 16.7 Å². The number of sulfonamides is 1. The Morgan fingerprint density at radius 2 is 1.37 bits per heavy atom. The Hall–Kier alpha value is -3.67. The fraction of sp³-hybridized carbons (Fsp3) is 0.0968. The molecular formula is C31H27NO6S3. The maximum absolute atomic E-state index is 14.3. The molecule has 0 radical (unpaired) electrons. The number of fused-ring (bicyclic) bond motifs is 3. The molecule has 0 unspecified atom stereocenters. The molecule has 7 nitrogen and oxygen atoms in total. The second-order valence-electron chi connectivity index (χ2n) is 10.0. The van der Waals surface area contributed by atoms with Crippen LogP contribution in [0.25, 0.3) is 10.5 Å². The van der Waals surface area contributed by atoms with Gasteiger partial charge >= 0.3 is 0 Å². The lowest BCUT2D eigenvalue weighted by atomic mass is 9.92. The van der Waals surface area contributed by atoms with Crippen LogP contribution >= 0.6 is 10.6 Å². The minimum atomic E-state index is -4.43. The van der Waals surface area contributed by atoms with Gasteiger partial charge in [-0.05, 0) is 55.3 Å². The van der Waals surface area contributed by atoms with Crippen molar-refractivity contribution >= 4 is 46.6 Å². The first-order valence-electron chi connectivity index (χ1n) is 12.8. The zero-order chi connectivity index (χ0) is 29.2. The van der Waals surface area contributed by atoms with Crippen molar-refractivity contribution in [2.75, 3.05) is 10.8 Å².